The van der Waals surface area contributed by atoms with E-state index in [9.17, 15) is 9.59 Å². The second kappa shape index (κ2) is 12.0. The molecule has 2 aromatic rings. The van der Waals surface area contributed by atoms with E-state index in [-0.39, 0.29) is 18.4 Å². The van der Waals surface area contributed by atoms with Gasteiger partial charge in [0.1, 0.15) is 0 Å². The van der Waals surface area contributed by atoms with Crippen molar-refractivity contribution in [2.75, 3.05) is 25.6 Å². The van der Waals surface area contributed by atoms with E-state index >= 15 is 0 Å². The monoisotopic (exact) mass is 474 g/mol. The van der Waals surface area contributed by atoms with Gasteiger partial charge < -0.3 is 20.1 Å². The minimum atomic E-state index is -0.361. The lowest BCUT2D eigenvalue weighted by molar-refractivity contribution is -0.121. The second-order valence-corrected chi connectivity index (χ2v) is 7.59. The molecule has 0 heterocycles. The van der Waals surface area contributed by atoms with E-state index in [2.05, 4.69) is 33.5 Å². The first kappa shape index (κ1) is 23.5. The number of hydrogen-bond acceptors (Lipinski definition) is 4. The molecule has 0 saturated carbocycles. The first-order chi connectivity index (χ1) is 14.4. The molecular weight excluding hydrogens is 448 g/mol. The number of carbonyl (C=O) groups excluding carboxylic acids is 2. The zero-order valence-corrected chi connectivity index (χ0v) is 19.0. The summed E-state index contributed by atoms with van der Waals surface area (Å²) in [4.78, 5) is 24.1. The molecule has 0 radical (unpaired) electrons. The Morgan fingerprint density at radius 3 is 2.63 bits per heavy atom. The van der Waals surface area contributed by atoms with Gasteiger partial charge in [-0.05, 0) is 60.9 Å². The van der Waals surface area contributed by atoms with Gasteiger partial charge in [0.25, 0.3) is 0 Å². The van der Waals surface area contributed by atoms with Crippen molar-refractivity contribution in [2.45, 2.75) is 26.7 Å². The Hall–Kier alpha value is -2.80. The first-order valence-electron chi connectivity index (χ1n) is 9.75. The highest BCUT2D eigenvalue weighted by Gasteiger charge is 2.07. The van der Waals surface area contributed by atoms with Gasteiger partial charge in [0.2, 0.25) is 11.8 Å². The average Bonchev–Trinajstić information content (AvgIpc) is 2.73. The van der Waals surface area contributed by atoms with Crippen molar-refractivity contribution in [3.05, 3.63) is 58.1 Å². The summed E-state index contributed by atoms with van der Waals surface area (Å²) in [6.07, 6.45) is 5.06. The Labute approximate surface area is 185 Å². The number of unbranched alkanes of at least 4 members (excludes halogenated alkanes) is 1. The molecule has 2 rings (SSSR count). The van der Waals surface area contributed by atoms with Crippen LogP contribution < -0.4 is 20.1 Å². The van der Waals surface area contributed by atoms with E-state index in [1.165, 1.54) is 6.08 Å². The Morgan fingerprint density at radius 1 is 1.13 bits per heavy atom. The van der Waals surface area contributed by atoms with Crippen molar-refractivity contribution >= 4 is 39.5 Å². The summed E-state index contributed by atoms with van der Waals surface area (Å²) in [7, 11) is 1.58. The smallest absolute Gasteiger partial charge is 0.244 e. The maximum atomic E-state index is 12.1. The van der Waals surface area contributed by atoms with Crippen LogP contribution in [0.2, 0.25) is 0 Å². The molecule has 0 aliphatic rings. The summed E-state index contributed by atoms with van der Waals surface area (Å²) in [5.74, 6) is 0.628. The van der Waals surface area contributed by atoms with Crippen LogP contribution in [-0.2, 0) is 9.59 Å². The number of amides is 2. The zero-order valence-electron chi connectivity index (χ0n) is 17.5. The predicted molar refractivity (Wildman–Crippen MR) is 123 cm³/mol. The van der Waals surface area contributed by atoms with Gasteiger partial charge >= 0.3 is 0 Å². The predicted octanol–water partition coefficient (Wildman–Crippen LogP) is 4.71. The molecular formula is C23H27BrN2O4. The SMILES string of the molecule is CCCCOc1ccc(/C=C/C(=O)NCC(=O)Nc2ccc(Br)cc2C)cc1OC. The number of hydrogen-bond donors (Lipinski definition) is 2. The number of aryl methyl sites for hydroxylation is 1. The number of methoxy groups -OCH3 is 1. The van der Waals surface area contributed by atoms with Crippen molar-refractivity contribution in [1.29, 1.82) is 0 Å². The highest BCUT2D eigenvalue weighted by atomic mass is 79.9. The normalized spacial score (nSPS) is 10.7. The Morgan fingerprint density at radius 2 is 1.93 bits per heavy atom. The minimum absolute atomic E-state index is 0.119. The number of carbonyl (C=O) groups is 2. The maximum Gasteiger partial charge on any atom is 0.244 e. The number of benzene rings is 2. The fourth-order valence-corrected chi connectivity index (χ4v) is 3.07. The zero-order chi connectivity index (χ0) is 21.9. The van der Waals surface area contributed by atoms with Crippen molar-refractivity contribution in [1.82, 2.24) is 5.32 Å². The highest BCUT2D eigenvalue weighted by Crippen LogP contribution is 2.28. The lowest BCUT2D eigenvalue weighted by Crippen LogP contribution is -2.31. The molecule has 0 unspecified atom stereocenters. The molecule has 2 amide bonds. The molecule has 2 N–H and O–H groups in total. The number of rotatable bonds is 10. The van der Waals surface area contributed by atoms with Gasteiger partial charge in [-0.3, -0.25) is 9.59 Å². The van der Waals surface area contributed by atoms with E-state index in [0.717, 1.165) is 28.4 Å². The van der Waals surface area contributed by atoms with E-state index in [0.29, 0.717) is 23.8 Å². The molecule has 30 heavy (non-hydrogen) atoms. The van der Waals surface area contributed by atoms with E-state index in [1.54, 1.807) is 19.3 Å². The largest absolute Gasteiger partial charge is 0.493 e. The summed E-state index contributed by atoms with van der Waals surface area (Å²) in [6, 6.07) is 11.0. The fourth-order valence-electron chi connectivity index (χ4n) is 2.59. The molecule has 0 atom stereocenters. The molecule has 2 aromatic carbocycles. The fraction of sp³-hybridized carbons (Fsp3) is 0.304. The third kappa shape index (κ3) is 7.55. The number of halogens is 1. The lowest BCUT2D eigenvalue weighted by Gasteiger charge is -2.11. The summed E-state index contributed by atoms with van der Waals surface area (Å²) in [6.45, 7) is 4.51. The molecule has 160 valence electrons. The summed E-state index contributed by atoms with van der Waals surface area (Å²) >= 11 is 3.38. The van der Waals surface area contributed by atoms with Gasteiger partial charge in [0.15, 0.2) is 11.5 Å². The van der Waals surface area contributed by atoms with Crippen LogP contribution in [0.25, 0.3) is 6.08 Å². The van der Waals surface area contributed by atoms with E-state index < -0.39 is 0 Å². The molecule has 0 saturated heterocycles. The topological polar surface area (TPSA) is 76.7 Å². The summed E-state index contributed by atoms with van der Waals surface area (Å²) < 4.78 is 12.0. The molecule has 0 aromatic heterocycles. The van der Waals surface area contributed by atoms with Crippen LogP contribution in [0, 0.1) is 6.92 Å². The minimum Gasteiger partial charge on any atom is -0.493 e. The van der Waals surface area contributed by atoms with Crippen molar-refractivity contribution in [2.24, 2.45) is 0 Å². The molecule has 6 nitrogen and oxygen atoms in total. The Kier molecular flexibility index (Phi) is 9.41. The molecule has 0 bridgehead atoms. The van der Waals surface area contributed by atoms with Gasteiger partial charge in [-0.25, -0.2) is 0 Å². The quantitative estimate of drug-likeness (QED) is 0.386. The van der Waals surface area contributed by atoms with Crippen LogP contribution in [0.3, 0.4) is 0 Å². The van der Waals surface area contributed by atoms with Crippen molar-refractivity contribution in [3.8, 4) is 11.5 Å². The van der Waals surface area contributed by atoms with Gasteiger partial charge in [0.05, 0.1) is 20.3 Å². The third-order valence-electron chi connectivity index (χ3n) is 4.26. The first-order valence-corrected chi connectivity index (χ1v) is 10.5. The third-order valence-corrected chi connectivity index (χ3v) is 4.75. The van der Waals surface area contributed by atoms with Crippen molar-refractivity contribution < 1.29 is 19.1 Å². The molecule has 7 heteroatoms. The number of ether oxygens (including phenoxy) is 2. The van der Waals surface area contributed by atoms with E-state index in [4.69, 9.17) is 9.47 Å². The summed E-state index contributed by atoms with van der Waals surface area (Å²) in [5.41, 5.74) is 2.43. The van der Waals surface area contributed by atoms with Crippen LogP contribution in [0.1, 0.15) is 30.9 Å². The average molecular weight is 475 g/mol. The molecule has 0 spiro atoms. The van der Waals surface area contributed by atoms with Crippen LogP contribution >= 0.6 is 15.9 Å². The highest BCUT2D eigenvalue weighted by molar-refractivity contribution is 9.10. The second-order valence-electron chi connectivity index (χ2n) is 6.67. The standard InChI is InChI=1S/C23H27BrN2O4/c1-4-5-12-30-20-10-6-17(14-21(20)29-3)7-11-22(27)25-15-23(28)26-19-9-8-18(24)13-16(19)2/h6-11,13-14H,4-5,12,15H2,1-3H3,(H,25,27)(H,26,28)/b11-7+. The van der Waals surface area contributed by atoms with Crippen LogP contribution in [0.5, 0.6) is 11.5 Å². The number of anilines is 1. The maximum absolute atomic E-state index is 12.1. The van der Waals surface area contributed by atoms with Gasteiger partial charge in [-0.2, -0.15) is 0 Å². The van der Waals surface area contributed by atoms with Gasteiger partial charge in [0, 0.05) is 16.2 Å². The van der Waals surface area contributed by atoms with Crippen molar-refractivity contribution in [3.63, 3.8) is 0 Å². The van der Waals surface area contributed by atoms with E-state index in [1.807, 2.05) is 37.3 Å². The Bertz CT molecular complexity index is 912. The Balaban J connectivity index is 1.87. The molecule has 0 aliphatic carbocycles. The van der Waals surface area contributed by atoms with Crippen LogP contribution in [-0.4, -0.2) is 32.1 Å². The molecule has 0 fully saturated rings. The lowest BCUT2D eigenvalue weighted by atomic mass is 10.2. The van der Waals surface area contributed by atoms with Crippen LogP contribution in [0.15, 0.2) is 46.9 Å². The summed E-state index contributed by atoms with van der Waals surface area (Å²) in [5, 5.41) is 5.35. The van der Waals surface area contributed by atoms with Gasteiger partial charge in [-0.15, -0.1) is 0 Å². The number of nitrogens with one attached hydrogen (secondary N) is 2. The molecule has 0 aliphatic heterocycles. The van der Waals surface area contributed by atoms with Crippen LogP contribution in [0.4, 0.5) is 5.69 Å². The van der Waals surface area contributed by atoms with Gasteiger partial charge in [-0.1, -0.05) is 35.3 Å².